The Kier molecular flexibility index (Phi) is 14.9. The van der Waals surface area contributed by atoms with Gasteiger partial charge in [0, 0.05) is 33.3 Å². The highest BCUT2D eigenvalue weighted by Gasteiger charge is 2.48. The average molecular weight is 1450 g/mol. The normalized spacial score (nSPS) is 13.1. The van der Waals surface area contributed by atoms with Crippen molar-refractivity contribution >= 4 is 64.9 Å². The van der Waals surface area contributed by atoms with Crippen molar-refractivity contribution in [2.75, 3.05) is 0 Å². The standard InChI is InChI=1S/C112H72N2/c1-9-35-75(36-10-1)107-97-69-93-95(71-103(97)113(109(107)77-39-13-3-14-40-77)87-61-63-91-89-53-29-31-55-99(89)111(101(91)67-87,83-45-17-5-18-46-83)84-47-19-6-20-48-84)106(82-60-58-74-34-26-28-44-80(74)66-82)94-70-98-104(72-96(94)105(93)81-59-57-73-33-25-27-43-79(73)65-81)114(110(78-41-15-4-16-42-78)108(98)76-37-11-2-12-38-76)88-62-64-92-90-54-30-32-56-100(90)112(102(92)68-88,85-49-21-7-22-50-85)86-51-23-8-24-52-86/h1-72H. The van der Waals surface area contributed by atoms with E-state index in [1.807, 2.05) is 0 Å². The fraction of sp³-hybridized carbons (Fsp3) is 0.0179. The minimum absolute atomic E-state index is 0.642. The second-order valence-corrected chi connectivity index (χ2v) is 30.8. The molecule has 23 rings (SSSR count). The highest BCUT2D eigenvalue weighted by molar-refractivity contribution is 6.28. The zero-order chi connectivity index (χ0) is 75.0. The largest absolute Gasteiger partial charge is 0.309 e. The highest BCUT2D eigenvalue weighted by atomic mass is 15.0. The van der Waals surface area contributed by atoms with Crippen LogP contribution in [0.2, 0.25) is 0 Å². The molecular formula is C112H72N2. The van der Waals surface area contributed by atoms with Gasteiger partial charge in [0.1, 0.15) is 0 Å². The molecule has 0 atom stereocenters. The molecule has 0 N–H and O–H groups in total. The molecular weight excluding hydrogens is 1370 g/mol. The van der Waals surface area contributed by atoms with E-state index < -0.39 is 10.8 Å². The van der Waals surface area contributed by atoms with E-state index in [1.54, 1.807) is 0 Å². The van der Waals surface area contributed by atoms with Crippen LogP contribution in [0.5, 0.6) is 0 Å². The summed E-state index contributed by atoms with van der Waals surface area (Å²) >= 11 is 0. The fourth-order valence-corrected chi connectivity index (χ4v) is 20.3. The number of benzene rings is 19. The Labute approximate surface area is 662 Å². The number of hydrogen-bond donors (Lipinski definition) is 0. The summed E-state index contributed by atoms with van der Waals surface area (Å²) in [5, 5.41) is 11.7. The Morgan fingerprint density at radius 2 is 0.456 bits per heavy atom. The van der Waals surface area contributed by atoms with Gasteiger partial charge < -0.3 is 9.13 Å². The minimum atomic E-state index is -0.642. The lowest BCUT2D eigenvalue weighted by molar-refractivity contribution is 0.767. The third kappa shape index (κ3) is 9.68. The summed E-state index contributed by atoms with van der Waals surface area (Å²) in [6.45, 7) is 0. The monoisotopic (exact) mass is 1440 g/mol. The Morgan fingerprint density at radius 1 is 0.167 bits per heavy atom. The molecule has 21 aromatic rings. The molecule has 0 fully saturated rings. The Bertz CT molecular complexity index is 6880. The Hall–Kier alpha value is -14.7. The summed E-state index contributed by atoms with van der Waals surface area (Å²) in [4.78, 5) is 0. The molecule has 2 aliphatic rings. The summed E-state index contributed by atoms with van der Waals surface area (Å²) in [6, 6.07) is 165. The molecule has 114 heavy (non-hydrogen) atoms. The molecule has 0 radical (unpaired) electrons. The van der Waals surface area contributed by atoms with Crippen LogP contribution in [0, 0.1) is 0 Å². The van der Waals surface area contributed by atoms with Crippen LogP contribution in [-0.2, 0) is 10.8 Å². The van der Waals surface area contributed by atoms with Crippen LogP contribution >= 0.6 is 0 Å². The molecule has 0 spiro atoms. The van der Waals surface area contributed by atoms with Crippen molar-refractivity contribution in [1.82, 2.24) is 9.13 Å². The van der Waals surface area contributed by atoms with Gasteiger partial charge in [-0.3, -0.25) is 0 Å². The predicted octanol–water partition coefficient (Wildman–Crippen LogP) is 28.9. The first-order valence-electron chi connectivity index (χ1n) is 39.7. The Morgan fingerprint density at radius 3 is 0.816 bits per heavy atom. The van der Waals surface area contributed by atoms with Crippen molar-refractivity contribution in [3.05, 3.63) is 481 Å². The van der Waals surface area contributed by atoms with E-state index in [9.17, 15) is 0 Å². The van der Waals surface area contributed by atoms with Gasteiger partial charge >= 0.3 is 0 Å². The van der Waals surface area contributed by atoms with Crippen molar-refractivity contribution in [3.63, 3.8) is 0 Å². The lowest BCUT2D eigenvalue weighted by Gasteiger charge is -2.34. The van der Waals surface area contributed by atoms with Gasteiger partial charge in [0.2, 0.25) is 0 Å². The zero-order valence-corrected chi connectivity index (χ0v) is 62.5. The molecule has 530 valence electrons. The van der Waals surface area contributed by atoms with Crippen LogP contribution in [0.15, 0.2) is 437 Å². The number of rotatable bonds is 12. The topological polar surface area (TPSA) is 9.86 Å². The molecule has 0 unspecified atom stereocenters. The van der Waals surface area contributed by atoms with Gasteiger partial charge in [0.15, 0.2) is 0 Å². The number of aromatic nitrogens is 2. The third-order valence-corrected chi connectivity index (χ3v) is 25.0. The molecule has 0 aliphatic heterocycles. The van der Waals surface area contributed by atoms with Crippen molar-refractivity contribution in [3.8, 4) is 101 Å². The van der Waals surface area contributed by atoms with Crippen molar-refractivity contribution in [2.45, 2.75) is 10.8 Å². The highest BCUT2D eigenvalue weighted by Crippen LogP contribution is 2.61. The van der Waals surface area contributed by atoms with Crippen LogP contribution in [0.1, 0.15) is 44.5 Å². The predicted molar refractivity (Wildman–Crippen MR) is 477 cm³/mol. The fourth-order valence-electron chi connectivity index (χ4n) is 20.3. The van der Waals surface area contributed by atoms with Gasteiger partial charge in [-0.05, 0) is 215 Å². The van der Waals surface area contributed by atoms with E-state index in [0.29, 0.717) is 0 Å². The van der Waals surface area contributed by atoms with Crippen LogP contribution in [0.3, 0.4) is 0 Å². The molecule has 19 aromatic carbocycles. The van der Waals surface area contributed by atoms with Crippen molar-refractivity contribution in [1.29, 1.82) is 0 Å². The number of nitrogens with zero attached hydrogens (tertiary/aromatic N) is 2. The maximum absolute atomic E-state index is 2.63. The molecule has 2 heteroatoms. The summed E-state index contributed by atoms with van der Waals surface area (Å²) in [5.41, 5.74) is 31.8. The average Bonchev–Trinajstić information content (AvgIpc) is 1.53. The molecule has 2 heterocycles. The summed E-state index contributed by atoms with van der Waals surface area (Å²) < 4.78 is 5.26. The van der Waals surface area contributed by atoms with Crippen LogP contribution < -0.4 is 0 Å². The molecule has 0 amide bonds. The number of fused-ring (bicyclic) bond motifs is 12. The first-order valence-corrected chi connectivity index (χ1v) is 39.7. The number of hydrogen-bond acceptors (Lipinski definition) is 0. The molecule has 0 bridgehead atoms. The van der Waals surface area contributed by atoms with Gasteiger partial charge in [-0.1, -0.05) is 376 Å². The van der Waals surface area contributed by atoms with E-state index in [2.05, 4.69) is 446 Å². The van der Waals surface area contributed by atoms with E-state index in [-0.39, 0.29) is 0 Å². The van der Waals surface area contributed by atoms with Crippen molar-refractivity contribution in [2.24, 2.45) is 0 Å². The maximum atomic E-state index is 2.63. The first kappa shape index (κ1) is 65.2. The second kappa shape index (κ2) is 26.0. The summed E-state index contributed by atoms with van der Waals surface area (Å²) in [6.07, 6.45) is 0. The van der Waals surface area contributed by atoms with Gasteiger partial charge in [0.25, 0.3) is 0 Å². The lowest BCUT2D eigenvalue weighted by atomic mass is 9.67. The van der Waals surface area contributed by atoms with Crippen molar-refractivity contribution < 1.29 is 0 Å². The first-order chi connectivity index (χ1) is 56.6. The lowest BCUT2D eigenvalue weighted by Crippen LogP contribution is -2.28. The summed E-state index contributed by atoms with van der Waals surface area (Å²) in [7, 11) is 0. The molecule has 2 aliphatic carbocycles. The molecule has 0 saturated carbocycles. The van der Waals surface area contributed by atoms with Gasteiger partial charge in [-0.15, -0.1) is 0 Å². The smallest absolute Gasteiger partial charge is 0.0714 e. The zero-order valence-electron chi connectivity index (χ0n) is 62.5. The van der Waals surface area contributed by atoms with Gasteiger partial charge in [-0.25, -0.2) is 0 Å². The van der Waals surface area contributed by atoms with Gasteiger partial charge in [0.05, 0.1) is 33.3 Å². The molecule has 2 nitrogen and oxygen atoms in total. The van der Waals surface area contributed by atoms with Gasteiger partial charge in [-0.2, -0.15) is 0 Å². The molecule has 2 aromatic heterocycles. The van der Waals surface area contributed by atoms with E-state index in [4.69, 9.17) is 0 Å². The Balaban J connectivity index is 0.907. The second-order valence-electron chi connectivity index (χ2n) is 30.8. The SMILES string of the molecule is c1ccc(-c2c(-c3ccccc3)n(-c3ccc4c(c3)C(c3ccccc3)(c3ccccc3)c3ccccc3-4)c3cc4c(-c5ccc6ccccc6c5)c5cc6c(-c7ccccc7)c(-c7ccccc7)n(-c7ccc8c(c7)C(c7ccccc7)(c7ccccc7)c7ccccc7-8)c6cc5c(-c5ccc6ccccc6c5)c4cc23)cc1. The van der Waals surface area contributed by atoms with E-state index in [1.165, 1.54) is 111 Å². The minimum Gasteiger partial charge on any atom is -0.309 e. The summed E-state index contributed by atoms with van der Waals surface area (Å²) in [5.74, 6) is 0. The van der Waals surface area contributed by atoms with E-state index in [0.717, 1.165) is 99.5 Å². The van der Waals surface area contributed by atoms with Crippen LogP contribution in [-0.4, -0.2) is 9.13 Å². The van der Waals surface area contributed by atoms with Crippen LogP contribution in [0.4, 0.5) is 0 Å². The third-order valence-electron chi connectivity index (χ3n) is 25.0. The quantitative estimate of drug-likeness (QED) is 0.108. The molecule has 0 saturated heterocycles. The van der Waals surface area contributed by atoms with Crippen LogP contribution in [0.25, 0.3) is 166 Å². The maximum Gasteiger partial charge on any atom is 0.0714 e. The van der Waals surface area contributed by atoms with E-state index >= 15 is 0 Å².